The largest absolute Gasteiger partial charge is 0.495 e. The average molecular weight is 495 g/mol. The summed E-state index contributed by atoms with van der Waals surface area (Å²) in [5, 5.41) is 3.95. The number of nitrogens with one attached hydrogen (secondary N) is 1. The summed E-state index contributed by atoms with van der Waals surface area (Å²) in [6.07, 6.45) is 11.4. The molecule has 5 rings (SSSR count). The van der Waals surface area contributed by atoms with Crippen LogP contribution in [-0.4, -0.2) is 61.2 Å². The van der Waals surface area contributed by atoms with E-state index in [1.807, 2.05) is 32.3 Å². The highest BCUT2D eigenvalue weighted by Gasteiger charge is 2.46. The zero-order chi connectivity index (χ0) is 24.6. The van der Waals surface area contributed by atoms with E-state index in [4.69, 9.17) is 21.3 Å². The SMILES string of the molecule is COc1ccc(CNc2nc(N3CC4CC4C3)ncc2C(=O)[N+](C)(C)CC2=CC=CCC2)cc1Cl. The molecule has 2 unspecified atom stereocenters. The van der Waals surface area contributed by atoms with Crippen LogP contribution in [0.3, 0.4) is 0 Å². The van der Waals surface area contributed by atoms with Crippen LogP contribution >= 0.6 is 11.6 Å². The standard InChI is InChI=1S/C27H32ClN5O2/c1-33(2,17-18-7-5-4-6-8-18)26(34)22-14-30-27(32-15-20-12-21(20)16-32)31-25(22)29-13-19-9-10-24(35-3)23(28)11-19/h4-5,7,9-11,14,20-21H,6,8,12-13,15-17H2,1-3H3/p+1. The van der Waals surface area contributed by atoms with Gasteiger partial charge < -0.3 is 15.0 Å². The van der Waals surface area contributed by atoms with Crippen LogP contribution in [0.4, 0.5) is 11.8 Å². The van der Waals surface area contributed by atoms with Gasteiger partial charge in [0.2, 0.25) is 5.95 Å². The monoisotopic (exact) mass is 494 g/mol. The number of allylic oxidation sites excluding steroid dienone is 3. The van der Waals surface area contributed by atoms with Crippen molar-refractivity contribution in [2.45, 2.75) is 25.8 Å². The van der Waals surface area contributed by atoms with Crippen LogP contribution in [-0.2, 0) is 6.54 Å². The minimum atomic E-state index is -0.00784. The third-order valence-electron chi connectivity index (χ3n) is 7.19. The number of hydrogen-bond donors (Lipinski definition) is 1. The molecule has 1 aromatic carbocycles. The van der Waals surface area contributed by atoms with Gasteiger partial charge in [0.15, 0.2) is 0 Å². The first-order chi connectivity index (χ1) is 16.8. The average Bonchev–Trinajstić information content (AvgIpc) is 3.47. The number of rotatable bonds is 8. The molecule has 1 N–H and O–H groups in total. The predicted molar refractivity (Wildman–Crippen MR) is 139 cm³/mol. The number of piperidine rings is 1. The molecule has 3 aliphatic rings. The zero-order valence-corrected chi connectivity index (χ0v) is 21.4. The molecule has 0 spiro atoms. The molecule has 0 bridgehead atoms. The van der Waals surface area contributed by atoms with Crippen molar-refractivity contribution in [1.29, 1.82) is 0 Å². The summed E-state index contributed by atoms with van der Waals surface area (Å²) in [5.41, 5.74) is 2.77. The van der Waals surface area contributed by atoms with Crippen LogP contribution in [0.5, 0.6) is 5.75 Å². The molecule has 2 fully saturated rings. The molecule has 1 aliphatic heterocycles. The number of fused-ring (bicyclic) bond motifs is 1. The second kappa shape index (κ2) is 9.63. The molecule has 1 saturated carbocycles. The van der Waals surface area contributed by atoms with E-state index in [0.29, 0.717) is 41.2 Å². The van der Waals surface area contributed by atoms with Crippen LogP contribution in [0, 0.1) is 11.8 Å². The molecule has 7 nitrogen and oxygen atoms in total. The predicted octanol–water partition coefficient (Wildman–Crippen LogP) is 4.70. The molecule has 35 heavy (non-hydrogen) atoms. The summed E-state index contributed by atoms with van der Waals surface area (Å²) in [6, 6.07) is 5.67. The molecule has 1 amide bonds. The quantitative estimate of drug-likeness (QED) is 0.536. The molecule has 184 valence electrons. The Hall–Kier alpha value is -2.90. The van der Waals surface area contributed by atoms with Crippen molar-refractivity contribution in [3.63, 3.8) is 0 Å². The van der Waals surface area contributed by atoms with E-state index in [2.05, 4.69) is 33.4 Å². The number of halogens is 1. The Kier molecular flexibility index (Phi) is 6.55. The van der Waals surface area contributed by atoms with E-state index in [1.54, 1.807) is 13.3 Å². The number of ether oxygens (including phenoxy) is 1. The third kappa shape index (κ3) is 5.21. The van der Waals surface area contributed by atoms with Crippen LogP contribution in [0.2, 0.25) is 5.02 Å². The van der Waals surface area contributed by atoms with E-state index in [-0.39, 0.29) is 10.4 Å². The van der Waals surface area contributed by atoms with Gasteiger partial charge in [0.1, 0.15) is 23.7 Å². The fourth-order valence-electron chi connectivity index (χ4n) is 5.07. The van der Waals surface area contributed by atoms with E-state index in [9.17, 15) is 4.79 Å². The molecule has 2 aliphatic carbocycles. The lowest BCUT2D eigenvalue weighted by atomic mass is 10.0. The topological polar surface area (TPSA) is 67.3 Å². The van der Waals surface area contributed by atoms with E-state index < -0.39 is 0 Å². The first-order valence-electron chi connectivity index (χ1n) is 12.2. The number of benzene rings is 1. The highest BCUT2D eigenvalue weighted by Crippen LogP contribution is 2.45. The summed E-state index contributed by atoms with van der Waals surface area (Å²) in [4.78, 5) is 25.5. The summed E-state index contributed by atoms with van der Waals surface area (Å²) in [5.74, 6) is 3.42. The fourth-order valence-corrected chi connectivity index (χ4v) is 5.35. The smallest absolute Gasteiger partial charge is 0.351 e. The van der Waals surface area contributed by atoms with Crippen molar-refractivity contribution in [2.75, 3.05) is 51.1 Å². The number of hydrogen-bond acceptors (Lipinski definition) is 6. The Labute approximate surface area is 212 Å². The van der Waals surface area contributed by atoms with Crippen LogP contribution in [0.25, 0.3) is 0 Å². The van der Waals surface area contributed by atoms with E-state index in [1.165, 1.54) is 12.0 Å². The number of amides is 1. The lowest BCUT2D eigenvalue weighted by Gasteiger charge is -2.29. The molecular formula is C27H33ClN5O2+. The van der Waals surface area contributed by atoms with Gasteiger partial charge in [-0.05, 0) is 54.4 Å². The third-order valence-corrected chi connectivity index (χ3v) is 7.49. The van der Waals surface area contributed by atoms with Crippen molar-refractivity contribution in [2.24, 2.45) is 11.8 Å². The van der Waals surface area contributed by atoms with Crippen LogP contribution in [0.1, 0.15) is 35.2 Å². The number of likely N-dealkylation sites (N-methyl/N-ethyl adjacent to an activating group) is 1. The summed E-state index contributed by atoms with van der Waals surface area (Å²) < 4.78 is 5.47. The second-order valence-corrected chi connectivity index (χ2v) is 10.8. The van der Waals surface area contributed by atoms with Crippen LogP contribution < -0.4 is 15.0 Å². The van der Waals surface area contributed by atoms with Gasteiger partial charge in [0.05, 0.1) is 32.4 Å². The Morgan fingerprint density at radius 3 is 2.77 bits per heavy atom. The number of methoxy groups -OCH3 is 1. The van der Waals surface area contributed by atoms with Crippen molar-refractivity contribution < 1.29 is 14.0 Å². The first-order valence-corrected chi connectivity index (χ1v) is 12.6. The molecular weight excluding hydrogens is 462 g/mol. The van der Waals surface area contributed by atoms with Gasteiger partial charge >= 0.3 is 5.91 Å². The molecule has 8 heteroatoms. The summed E-state index contributed by atoms with van der Waals surface area (Å²) in [6.45, 7) is 3.13. The molecule has 1 aromatic heterocycles. The van der Waals surface area contributed by atoms with Gasteiger partial charge in [-0.15, -0.1) is 0 Å². The molecule has 1 saturated heterocycles. The van der Waals surface area contributed by atoms with E-state index in [0.717, 1.165) is 43.3 Å². The van der Waals surface area contributed by atoms with Gasteiger partial charge in [-0.25, -0.2) is 9.78 Å². The minimum Gasteiger partial charge on any atom is -0.495 e. The van der Waals surface area contributed by atoms with Gasteiger partial charge in [0.25, 0.3) is 0 Å². The normalized spacial score (nSPS) is 20.9. The molecule has 2 atom stereocenters. The Morgan fingerprint density at radius 1 is 1.29 bits per heavy atom. The van der Waals surface area contributed by atoms with Gasteiger partial charge in [-0.3, -0.25) is 4.48 Å². The Balaban J connectivity index is 1.40. The molecule has 0 radical (unpaired) electrons. The van der Waals surface area contributed by atoms with Gasteiger partial charge in [0, 0.05) is 19.6 Å². The van der Waals surface area contributed by atoms with Crippen LogP contribution in [0.15, 0.2) is 48.2 Å². The lowest BCUT2D eigenvalue weighted by Crippen LogP contribution is -2.47. The maximum Gasteiger partial charge on any atom is 0.351 e. The van der Waals surface area contributed by atoms with Crippen molar-refractivity contribution in [1.82, 2.24) is 9.97 Å². The number of aromatic nitrogens is 2. The fraction of sp³-hybridized carbons (Fsp3) is 0.444. The minimum absolute atomic E-state index is 0.00784. The number of anilines is 2. The molecule has 2 heterocycles. The highest BCUT2D eigenvalue weighted by atomic mass is 35.5. The van der Waals surface area contributed by atoms with Crippen molar-refractivity contribution in [3.8, 4) is 5.75 Å². The maximum atomic E-state index is 13.8. The van der Waals surface area contributed by atoms with Gasteiger partial charge in [-0.1, -0.05) is 35.9 Å². The number of carbonyl (C=O) groups excluding carboxylic acids is 1. The summed E-state index contributed by atoms with van der Waals surface area (Å²) >= 11 is 6.32. The maximum absolute atomic E-state index is 13.8. The number of nitrogens with zero attached hydrogens (tertiary/aromatic N) is 4. The summed E-state index contributed by atoms with van der Waals surface area (Å²) in [7, 11) is 5.51. The lowest BCUT2D eigenvalue weighted by molar-refractivity contribution is -0.802. The zero-order valence-electron chi connectivity index (χ0n) is 20.6. The number of carbonyl (C=O) groups is 1. The Morgan fingerprint density at radius 2 is 2.09 bits per heavy atom. The second-order valence-electron chi connectivity index (χ2n) is 10.4. The van der Waals surface area contributed by atoms with Gasteiger partial charge in [-0.2, -0.15) is 4.98 Å². The Bertz CT molecular complexity index is 1180. The van der Waals surface area contributed by atoms with E-state index >= 15 is 0 Å². The number of quaternary nitrogens is 1. The highest BCUT2D eigenvalue weighted by molar-refractivity contribution is 6.32. The van der Waals surface area contributed by atoms with Crippen molar-refractivity contribution >= 4 is 29.3 Å². The first kappa shape index (κ1) is 23.8. The van der Waals surface area contributed by atoms with Crippen molar-refractivity contribution in [3.05, 3.63) is 64.3 Å². The molecule has 2 aromatic rings.